The zero-order valence-electron chi connectivity index (χ0n) is 14.6. The van der Waals surface area contributed by atoms with E-state index in [2.05, 4.69) is 9.64 Å². The minimum Gasteiger partial charge on any atom is -0.466 e. The quantitative estimate of drug-likeness (QED) is 0.587. The predicted molar refractivity (Wildman–Crippen MR) is 87.1 cm³/mol. The van der Waals surface area contributed by atoms with Gasteiger partial charge in [-0.2, -0.15) is 0 Å². The van der Waals surface area contributed by atoms with Crippen molar-refractivity contribution in [1.29, 1.82) is 0 Å². The lowest BCUT2D eigenvalue weighted by Gasteiger charge is -2.53. The number of likely N-dealkylation sites (tertiary alicyclic amines) is 2. The molecule has 0 aromatic carbocycles. The second-order valence-corrected chi connectivity index (χ2v) is 7.56. The molecule has 0 saturated carbocycles. The lowest BCUT2D eigenvalue weighted by atomic mass is 9.72. The third-order valence-electron chi connectivity index (χ3n) is 4.44. The molecule has 2 heterocycles. The smallest absolute Gasteiger partial charge is 0.410 e. The number of ether oxygens (including phenoxy) is 2. The van der Waals surface area contributed by atoms with Crippen molar-refractivity contribution in [1.82, 2.24) is 9.80 Å². The minimum atomic E-state index is -0.435. The summed E-state index contributed by atoms with van der Waals surface area (Å²) < 4.78 is 9.98. The summed E-state index contributed by atoms with van der Waals surface area (Å²) >= 11 is 0. The molecule has 0 aromatic heterocycles. The lowest BCUT2D eigenvalue weighted by Crippen LogP contribution is -2.62. The highest BCUT2D eigenvalue weighted by Crippen LogP contribution is 2.40. The summed E-state index contributed by atoms with van der Waals surface area (Å²) in [6, 6.07) is 0. The van der Waals surface area contributed by atoms with Crippen molar-refractivity contribution in [3.63, 3.8) is 0 Å². The molecule has 0 atom stereocenters. The number of methoxy groups -OCH3 is 1. The van der Waals surface area contributed by atoms with Crippen LogP contribution in [0.4, 0.5) is 4.79 Å². The van der Waals surface area contributed by atoms with Gasteiger partial charge in [-0.1, -0.05) is 6.08 Å². The molecule has 0 aromatic rings. The maximum absolute atomic E-state index is 12.0. The Labute approximate surface area is 138 Å². The van der Waals surface area contributed by atoms with Gasteiger partial charge in [-0.3, -0.25) is 4.90 Å². The van der Waals surface area contributed by atoms with Crippen molar-refractivity contribution in [2.24, 2.45) is 5.41 Å². The molecule has 0 N–H and O–H groups in total. The minimum absolute atomic E-state index is 0.202. The molecule has 6 heteroatoms. The van der Waals surface area contributed by atoms with E-state index >= 15 is 0 Å². The topological polar surface area (TPSA) is 59.1 Å². The first-order valence-electron chi connectivity index (χ1n) is 8.18. The van der Waals surface area contributed by atoms with Crippen LogP contribution < -0.4 is 0 Å². The molecule has 6 nitrogen and oxygen atoms in total. The van der Waals surface area contributed by atoms with Gasteiger partial charge >= 0.3 is 12.1 Å². The Morgan fingerprint density at radius 1 is 1.17 bits per heavy atom. The summed E-state index contributed by atoms with van der Waals surface area (Å²) in [5.74, 6) is -0.314. The molecule has 1 spiro atoms. The molecule has 2 saturated heterocycles. The second kappa shape index (κ2) is 6.91. The standard InChI is InChI=1S/C17H28N2O4/c1-16(2,3)23-15(21)19-12-17(13-19)7-10-18(11-8-17)9-5-6-14(20)22-4/h5-6H,7-13H2,1-4H3/b6-5+. The SMILES string of the molecule is COC(=O)/C=C/CN1CCC2(CC1)CN(C(=O)OC(C)(C)C)C2. The molecule has 23 heavy (non-hydrogen) atoms. The van der Waals surface area contributed by atoms with Gasteiger partial charge in [0.2, 0.25) is 0 Å². The maximum atomic E-state index is 12.0. The van der Waals surface area contributed by atoms with Crippen molar-refractivity contribution < 1.29 is 19.1 Å². The van der Waals surface area contributed by atoms with E-state index < -0.39 is 5.60 Å². The fraction of sp³-hybridized carbons (Fsp3) is 0.765. The van der Waals surface area contributed by atoms with Gasteiger partial charge in [-0.05, 0) is 46.7 Å². The first-order chi connectivity index (χ1) is 10.7. The Morgan fingerprint density at radius 3 is 2.30 bits per heavy atom. The highest BCUT2D eigenvalue weighted by Gasteiger charge is 2.47. The molecule has 2 rings (SSSR count). The van der Waals surface area contributed by atoms with E-state index in [1.807, 2.05) is 26.8 Å². The zero-order chi connectivity index (χ0) is 17.1. The molecule has 1 amide bonds. The van der Waals surface area contributed by atoms with E-state index in [1.165, 1.54) is 13.2 Å². The van der Waals surface area contributed by atoms with Crippen LogP contribution >= 0.6 is 0 Å². The van der Waals surface area contributed by atoms with Crippen molar-refractivity contribution in [3.05, 3.63) is 12.2 Å². The van der Waals surface area contributed by atoms with Gasteiger partial charge in [0.15, 0.2) is 0 Å². The van der Waals surface area contributed by atoms with E-state index in [0.717, 1.165) is 45.6 Å². The Morgan fingerprint density at radius 2 is 1.78 bits per heavy atom. The molecule has 130 valence electrons. The van der Waals surface area contributed by atoms with Gasteiger partial charge < -0.3 is 14.4 Å². The van der Waals surface area contributed by atoms with Gasteiger partial charge in [0.25, 0.3) is 0 Å². The largest absolute Gasteiger partial charge is 0.466 e. The van der Waals surface area contributed by atoms with Gasteiger partial charge in [-0.25, -0.2) is 9.59 Å². The summed E-state index contributed by atoms with van der Waals surface area (Å²) in [7, 11) is 1.38. The van der Waals surface area contributed by atoms with E-state index in [0.29, 0.717) is 0 Å². The van der Waals surface area contributed by atoms with Crippen LogP contribution in [0.3, 0.4) is 0 Å². The van der Waals surface area contributed by atoms with Gasteiger partial charge in [0.1, 0.15) is 5.60 Å². The number of carbonyl (C=O) groups excluding carboxylic acids is 2. The third kappa shape index (κ3) is 4.96. The zero-order valence-corrected chi connectivity index (χ0v) is 14.6. The van der Waals surface area contributed by atoms with Crippen LogP contribution in [0, 0.1) is 5.41 Å². The first kappa shape index (κ1) is 17.8. The summed E-state index contributed by atoms with van der Waals surface area (Å²) in [5.41, 5.74) is -0.172. The van der Waals surface area contributed by atoms with Crippen LogP contribution in [-0.2, 0) is 14.3 Å². The fourth-order valence-electron chi connectivity index (χ4n) is 3.11. The first-order valence-corrected chi connectivity index (χ1v) is 8.18. The monoisotopic (exact) mass is 324 g/mol. The molecule has 2 fully saturated rings. The van der Waals surface area contributed by atoms with Crippen LogP contribution in [-0.4, -0.2) is 67.3 Å². The number of rotatable bonds is 3. The average Bonchev–Trinajstić information content (AvgIpc) is 2.43. The Kier molecular flexibility index (Phi) is 5.34. The molecule has 0 radical (unpaired) electrons. The van der Waals surface area contributed by atoms with Gasteiger partial charge in [0.05, 0.1) is 7.11 Å². The van der Waals surface area contributed by atoms with Crippen LogP contribution in [0.15, 0.2) is 12.2 Å². The van der Waals surface area contributed by atoms with Crippen molar-refractivity contribution >= 4 is 12.1 Å². The van der Waals surface area contributed by atoms with E-state index in [4.69, 9.17) is 4.74 Å². The average molecular weight is 324 g/mol. The maximum Gasteiger partial charge on any atom is 0.410 e. The number of amides is 1. The molecule has 0 unspecified atom stereocenters. The highest BCUT2D eigenvalue weighted by atomic mass is 16.6. The van der Waals surface area contributed by atoms with Crippen molar-refractivity contribution in [2.75, 3.05) is 39.8 Å². The molecule has 2 aliphatic heterocycles. The summed E-state index contributed by atoms with van der Waals surface area (Å²) in [4.78, 5) is 27.2. The van der Waals surface area contributed by atoms with E-state index in [1.54, 1.807) is 4.90 Å². The molecule has 2 aliphatic rings. The van der Waals surface area contributed by atoms with Gasteiger partial charge in [-0.15, -0.1) is 0 Å². The molecular formula is C17H28N2O4. The molecular weight excluding hydrogens is 296 g/mol. The number of hydrogen-bond acceptors (Lipinski definition) is 5. The lowest BCUT2D eigenvalue weighted by molar-refractivity contribution is -0.134. The van der Waals surface area contributed by atoms with E-state index in [-0.39, 0.29) is 17.5 Å². The number of nitrogens with zero attached hydrogens (tertiary/aromatic N) is 2. The van der Waals surface area contributed by atoms with Crippen LogP contribution in [0.2, 0.25) is 0 Å². The Hall–Kier alpha value is -1.56. The van der Waals surface area contributed by atoms with Crippen LogP contribution in [0.5, 0.6) is 0 Å². The molecule has 0 bridgehead atoms. The number of piperidine rings is 1. The number of carbonyl (C=O) groups is 2. The van der Waals surface area contributed by atoms with E-state index in [9.17, 15) is 9.59 Å². The normalized spacial score (nSPS) is 21.3. The summed E-state index contributed by atoms with van der Waals surface area (Å²) in [6.07, 6.45) is 5.28. The highest BCUT2D eigenvalue weighted by molar-refractivity contribution is 5.81. The predicted octanol–water partition coefficient (Wildman–Crippen LogP) is 2.05. The second-order valence-electron chi connectivity index (χ2n) is 7.56. The Balaban J connectivity index is 1.71. The number of hydrogen-bond donors (Lipinski definition) is 0. The summed E-state index contributed by atoms with van der Waals surface area (Å²) in [5, 5.41) is 0. The van der Waals surface area contributed by atoms with Gasteiger partial charge in [0, 0.05) is 31.1 Å². The van der Waals surface area contributed by atoms with Crippen molar-refractivity contribution in [2.45, 2.75) is 39.2 Å². The Bertz CT molecular complexity index is 465. The number of esters is 1. The van der Waals surface area contributed by atoms with Crippen molar-refractivity contribution in [3.8, 4) is 0 Å². The molecule has 0 aliphatic carbocycles. The van der Waals surface area contributed by atoms with Crippen LogP contribution in [0.1, 0.15) is 33.6 Å². The third-order valence-corrected chi connectivity index (χ3v) is 4.44. The summed E-state index contributed by atoms with van der Waals surface area (Å²) in [6.45, 7) is 10.0. The van der Waals surface area contributed by atoms with Crippen LogP contribution in [0.25, 0.3) is 0 Å². The fourth-order valence-corrected chi connectivity index (χ4v) is 3.11.